The van der Waals surface area contributed by atoms with E-state index in [1.54, 1.807) is 11.9 Å². The average molecular weight is 395 g/mol. The number of aliphatic imine (C=N–C) groups is 1. The highest BCUT2D eigenvalue weighted by atomic mass is 16.2. The summed E-state index contributed by atoms with van der Waals surface area (Å²) in [5, 5.41) is 6.41. The van der Waals surface area contributed by atoms with Gasteiger partial charge in [-0.15, -0.1) is 0 Å². The highest BCUT2D eigenvalue weighted by molar-refractivity contribution is 5.85. The topological polar surface area (TPSA) is 80.3 Å². The Labute approximate surface area is 169 Å². The molecule has 1 heterocycles. The molecule has 0 aromatic heterocycles. The number of hydrogen-bond donors (Lipinski definition) is 2. The number of amides is 2. The Bertz CT molecular complexity index is 561. The Morgan fingerprint density at radius 2 is 1.71 bits per heavy atom. The van der Waals surface area contributed by atoms with Crippen LogP contribution in [0.5, 0.6) is 0 Å². The summed E-state index contributed by atoms with van der Waals surface area (Å²) >= 11 is 0. The molecule has 160 valence electrons. The maximum Gasteiger partial charge on any atom is 0.234 e. The third-order valence-corrected chi connectivity index (χ3v) is 5.71. The Balaban J connectivity index is 1.86. The lowest BCUT2D eigenvalue weighted by Gasteiger charge is -2.38. The molecular weight excluding hydrogens is 356 g/mol. The van der Waals surface area contributed by atoms with Crippen molar-refractivity contribution in [2.75, 3.05) is 60.4 Å². The zero-order valence-corrected chi connectivity index (χ0v) is 18.3. The second-order valence-electron chi connectivity index (χ2n) is 8.57. The maximum atomic E-state index is 12.8. The zero-order valence-electron chi connectivity index (χ0n) is 18.3. The van der Waals surface area contributed by atoms with E-state index < -0.39 is 0 Å². The molecule has 2 amide bonds. The summed E-state index contributed by atoms with van der Waals surface area (Å²) in [6, 6.07) is 0.171. The van der Waals surface area contributed by atoms with Crippen LogP contribution in [0.3, 0.4) is 0 Å². The molecule has 1 saturated heterocycles. The predicted molar refractivity (Wildman–Crippen MR) is 112 cm³/mol. The van der Waals surface area contributed by atoms with E-state index in [9.17, 15) is 9.59 Å². The van der Waals surface area contributed by atoms with Crippen molar-refractivity contribution in [3.8, 4) is 0 Å². The third-order valence-electron chi connectivity index (χ3n) is 5.71. The molecule has 0 aromatic rings. The van der Waals surface area contributed by atoms with Gasteiger partial charge in [-0.05, 0) is 26.7 Å². The first-order valence-corrected chi connectivity index (χ1v) is 10.5. The van der Waals surface area contributed by atoms with E-state index in [1.165, 1.54) is 0 Å². The molecular formula is C20H38N6O2. The largest absolute Gasteiger partial charge is 0.355 e. The van der Waals surface area contributed by atoms with E-state index in [4.69, 9.17) is 0 Å². The second kappa shape index (κ2) is 10.1. The van der Waals surface area contributed by atoms with Crippen LogP contribution in [-0.2, 0) is 9.59 Å². The first-order valence-electron chi connectivity index (χ1n) is 10.5. The number of guanidine groups is 1. The van der Waals surface area contributed by atoms with Crippen molar-refractivity contribution in [3.63, 3.8) is 0 Å². The molecule has 1 saturated carbocycles. The van der Waals surface area contributed by atoms with E-state index in [-0.39, 0.29) is 23.3 Å². The summed E-state index contributed by atoms with van der Waals surface area (Å²) in [5.74, 6) is 1.15. The van der Waals surface area contributed by atoms with Gasteiger partial charge in [-0.25, -0.2) is 0 Å². The van der Waals surface area contributed by atoms with Crippen LogP contribution in [-0.4, -0.2) is 98.9 Å². The maximum absolute atomic E-state index is 12.8. The van der Waals surface area contributed by atoms with E-state index in [0.29, 0.717) is 13.1 Å². The molecule has 8 nitrogen and oxygen atoms in total. The molecule has 8 heteroatoms. The van der Waals surface area contributed by atoms with Gasteiger partial charge in [-0.3, -0.25) is 19.5 Å². The van der Waals surface area contributed by atoms with Gasteiger partial charge >= 0.3 is 0 Å². The van der Waals surface area contributed by atoms with Crippen molar-refractivity contribution in [1.82, 2.24) is 25.3 Å². The second-order valence-corrected chi connectivity index (χ2v) is 8.57. The molecule has 1 aliphatic heterocycles. The van der Waals surface area contributed by atoms with E-state index in [0.717, 1.165) is 57.8 Å². The van der Waals surface area contributed by atoms with Crippen molar-refractivity contribution in [3.05, 3.63) is 0 Å². The lowest BCUT2D eigenvalue weighted by Crippen LogP contribution is -2.56. The molecule has 0 aromatic carbocycles. The number of piperazine rings is 1. The quantitative estimate of drug-likeness (QED) is 0.502. The minimum Gasteiger partial charge on any atom is -0.355 e. The molecule has 2 aliphatic rings. The first kappa shape index (κ1) is 22.5. The van der Waals surface area contributed by atoms with Crippen LogP contribution in [0.2, 0.25) is 0 Å². The van der Waals surface area contributed by atoms with Crippen LogP contribution in [0.25, 0.3) is 0 Å². The lowest BCUT2D eigenvalue weighted by molar-refractivity contribution is -0.138. The van der Waals surface area contributed by atoms with Crippen molar-refractivity contribution < 1.29 is 9.59 Å². The highest BCUT2D eigenvalue weighted by Gasteiger charge is 2.42. The number of carbonyl (C=O) groups is 2. The van der Waals surface area contributed by atoms with Gasteiger partial charge in [-0.2, -0.15) is 0 Å². The van der Waals surface area contributed by atoms with Gasteiger partial charge in [0, 0.05) is 59.9 Å². The summed E-state index contributed by atoms with van der Waals surface area (Å²) in [7, 11) is 5.47. The molecule has 2 N–H and O–H groups in total. The van der Waals surface area contributed by atoms with E-state index >= 15 is 0 Å². The van der Waals surface area contributed by atoms with Crippen molar-refractivity contribution in [2.24, 2.45) is 10.4 Å². The molecule has 28 heavy (non-hydrogen) atoms. The Kier molecular flexibility index (Phi) is 8.10. The third kappa shape index (κ3) is 5.83. The Morgan fingerprint density at radius 1 is 1.11 bits per heavy atom. The van der Waals surface area contributed by atoms with Gasteiger partial charge in [0.15, 0.2) is 5.96 Å². The molecule has 0 spiro atoms. The van der Waals surface area contributed by atoms with E-state index in [2.05, 4.69) is 25.4 Å². The average Bonchev–Trinajstić information content (AvgIpc) is 3.12. The Hall–Kier alpha value is -1.83. The van der Waals surface area contributed by atoms with Gasteiger partial charge < -0.3 is 20.4 Å². The van der Waals surface area contributed by atoms with Crippen molar-refractivity contribution in [2.45, 2.75) is 45.6 Å². The van der Waals surface area contributed by atoms with Crippen LogP contribution in [0.1, 0.15) is 39.5 Å². The predicted octanol–water partition coefficient (Wildman–Crippen LogP) is 0.353. The van der Waals surface area contributed by atoms with Gasteiger partial charge in [0.25, 0.3) is 0 Å². The fourth-order valence-corrected chi connectivity index (χ4v) is 4.26. The zero-order chi connectivity index (χ0) is 20.7. The Morgan fingerprint density at radius 3 is 2.21 bits per heavy atom. The fourth-order valence-electron chi connectivity index (χ4n) is 4.26. The minimum atomic E-state index is -0.309. The fraction of sp³-hybridized carbons (Fsp3) is 0.850. The molecule has 2 fully saturated rings. The lowest BCUT2D eigenvalue weighted by atomic mass is 9.84. The SMILES string of the molecule is CN=C(NCC1(C(=O)N(C)C)CCCC1)N1CCN(CC(=O)NC(C)C)CC1. The van der Waals surface area contributed by atoms with Crippen LogP contribution < -0.4 is 10.6 Å². The summed E-state index contributed by atoms with van der Waals surface area (Å²) in [5.41, 5.74) is -0.309. The number of hydrogen-bond acceptors (Lipinski definition) is 4. The standard InChI is InChI=1S/C20H38N6O2/c1-16(2)23-17(27)14-25-10-12-26(13-11-25)19(21-3)22-15-20(8-6-7-9-20)18(28)24(4)5/h16H,6-15H2,1-5H3,(H,21,22)(H,23,27). The van der Waals surface area contributed by atoms with E-state index in [1.807, 2.05) is 27.9 Å². The van der Waals surface area contributed by atoms with Crippen LogP contribution in [0.4, 0.5) is 0 Å². The van der Waals surface area contributed by atoms with Gasteiger partial charge in [-0.1, -0.05) is 12.8 Å². The van der Waals surface area contributed by atoms with Gasteiger partial charge in [0.1, 0.15) is 0 Å². The molecule has 1 aliphatic carbocycles. The van der Waals surface area contributed by atoms with Crippen LogP contribution in [0.15, 0.2) is 4.99 Å². The van der Waals surface area contributed by atoms with Crippen LogP contribution in [0, 0.1) is 5.41 Å². The molecule has 0 bridgehead atoms. The highest BCUT2D eigenvalue weighted by Crippen LogP contribution is 2.38. The summed E-state index contributed by atoms with van der Waals surface area (Å²) in [6.07, 6.45) is 4.09. The number of nitrogens with one attached hydrogen (secondary N) is 2. The van der Waals surface area contributed by atoms with Crippen LogP contribution >= 0.6 is 0 Å². The molecule has 0 radical (unpaired) electrons. The molecule has 0 atom stereocenters. The normalized spacial score (nSPS) is 20.4. The van der Waals surface area contributed by atoms with Gasteiger partial charge in [0.05, 0.1) is 12.0 Å². The van der Waals surface area contributed by atoms with Gasteiger partial charge in [0.2, 0.25) is 11.8 Å². The molecule has 2 rings (SSSR count). The number of rotatable bonds is 6. The first-order chi connectivity index (χ1) is 13.3. The monoisotopic (exact) mass is 394 g/mol. The van der Waals surface area contributed by atoms with Crippen molar-refractivity contribution >= 4 is 17.8 Å². The smallest absolute Gasteiger partial charge is 0.234 e. The summed E-state index contributed by atoms with van der Waals surface area (Å²) in [4.78, 5) is 35.3. The number of nitrogens with zero attached hydrogens (tertiary/aromatic N) is 4. The number of carbonyl (C=O) groups excluding carboxylic acids is 2. The minimum absolute atomic E-state index is 0.0799. The summed E-state index contributed by atoms with van der Waals surface area (Å²) < 4.78 is 0. The molecule has 0 unspecified atom stereocenters. The van der Waals surface area contributed by atoms with Crippen molar-refractivity contribution in [1.29, 1.82) is 0 Å². The summed E-state index contributed by atoms with van der Waals surface area (Å²) in [6.45, 7) is 8.33.